The number of rotatable bonds is 18. The smallest absolute Gasteiger partial charge is 0.416 e. The fourth-order valence-electron chi connectivity index (χ4n) is 13.0. The summed E-state index contributed by atoms with van der Waals surface area (Å²) in [6.45, 7) is 10.8. The molecule has 15 rings (SSSR count). The minimum Gasteiger partial charge on any atom is -0.476 e. The van der Waals surface area contributed by atoms with E-state index in [0.717, 1.165) is 95.7 Å². The van der Waals surface area contributed by atoms with Gasteiger partial charge in [-0.1, -0.05) is 24.3 Å². The van der Waals surface area contributed by atoms with E-state index in [1.165, 1.54) is 116 Å². The van der Waals surface area contributed by atoms with Crippen LogP contribution in [0.4, 0.5) is 88.4 Å². The van der Waals surface area contributed by atoms with Gasteiger partial charge in [0.15, 0.2) is 17.1 Å². The van der Waals surface area contributed by atoms with Gasteiger partial charge in [0, 0.05) is 79.0 Å². The molecule has 0 atom stereocenters. The summed E-state index contributed by atoms with van der Waals surface area (Å²) in [5.41, 5.74) is 6.73. The van der Waals surface area contributed by atoms with Crippen LogP contribution in [0, 0.1) is 7.43 Å². The van der Waals surface area contributed by atoms with E-state index in [4.69, 9.17) is 37.7 Å². The molecule has 45 heteroatoms. The Hall–Kier alpha value is -13.8. The molecule has 133 heavy (non-hydrogen) atoms. The number of halogens is 10. The van der Waals surface area contributed by atoms with Crippen molar-refractivity contribution in [2.45, 2.75) is 149 Å². The first-order chi connectivity index (χ1) is 61.3. The second-order valence-electron chi connectivity index (χ2n) is 32.4. The predicted molar refractivity (Wildman–Crippen MR) is 463 cm³/mol. The van der Waals surface area contributed by atoms with Crippen LogP contribution in [-0.4, -0.2) is 192 Å². The number of ether oxygens (including phenoxy) is 3. The fourth-order valence-corrected chi connectivity index (χ4v) is 13.0. The van der Waals surface area contributed by atoms with Crippen LogP contribution in [0.2, 0.25) is 0 Å². The van der Waals surface area contributed by atoms with Crippen molar-refractivity contribution in [3.05, 3.63) is 223 Å². The zero-order valence-corrected chi connectivity index (χ0v) is 75.3. The summed E-state index contributed by atoms with van der Waals surface area (Å²) in [6.07, 6.45) is 0.0879. The van der Waals surface area contributed by atoms with Crippen molar-refractivity contribution >= 4 is 89.3 Å². The monoisotopic (exact) mass is 1910 g/mol. The number of aromatic nitrogens is 12. The Morgan fingerprint density at radius 1 is 0.466 bits per heavy atom. The maximum Gasteiger partial charge on any atom is 0.416 e. The normalized spacial score (nSPS) is 12.9. The molecule has 34 nitrogen and oxygen atoms in total. The van der Waals surface area contributed by atoms with Gasteiger partial charge in [-0.25, -0.2) is 63.1 Å². The van der Waals surface area contributed by atoms with Crippen LogP contribution < -0.4 is 29.8 Å². The number of fused-ring (bicyclic) bond motifs is 3. The quantitative estimate of drug-likeness (QED) is 0.0268. The van der Waals surface area contributed by atoms with Crippen LogP contribution in [0.5, 0.6) is 0 Å². The van der Waals surface area contributed by atoms with Crippen LogP contribution in [0.3, 0.4) is 0 Å². The molecule has 5 amide bonds. The maximum atomic E-state index is 13.5. The SMILES string of the molecule is CC(C)(C)OC(=O)N(CC(F)(F)F)c1cc(-c2nc(C(=O)N3CCCc4nn(-c5ccc(C=O)cc5)cc43)co2)ccn1.CC(C)(C)OC(=O)N(CC(F)(F)F)c1cc(-c2nc(C(=O)N3CCCc4nn(-c5ccc(CO)cc5)cc43)co2)ccn1.CC(C)(C)OC(=O)N(CC(F)(F)F)c1cc(-c2nc(C(=O)O)co2)ccn1.Cl.OCc1ccc(-n2cc3c(n2)CCCN3)cc1.[CH3-].[V]. The van der Waals surface area contributed by atoms with Crippen molar-refractivity contribution in [3.8, 4) is 51.4 Å². The Bertz CT molecular complexity index is 6020. The molecule has 0 bridgehead atoms. The summed E-state index contributed by atoms with van der Waals surface area (Å²) < 4.78 is 155. The molecule has 0 saturated carbocycles. The van der Waals surface area contributed by atoms with Crippen LogP contribution in [0.1, 0.15) is 152 Å². The molecule has 9 aromatic heterocycles. The zero-order chi connectivity index (χ0) is 94.0. The first-order valence-corrected chi connectivity index (χ1v) is 40.1. The Balaban J connectivity index is 0.000000208. The number of nitrogens with one attached hydrogen (secondary N) is 1. The molecule has 705 valence electrons. The van der Waals surface area contributed by atoms with Gasteiger partial charge in [-0.2, -0.15) is 54.8 Å². The number of anilines is 6. The molecule has 1 radical (unpaired) electrons. The zero-order valence-electron chi connectivity index (χ0n) is 73.1. The van der Waals surface area contributed by atoms with Crippen LogP contribution in [0.25, 0.3) is 51.4 Å². The third-order valence-corrected chi connectivity index (χ3v) is 18.8. The van der Waals surface area contributed by atoms with E-state index in [-0.39, 0.29) is 121 Å². The average molecular weight is 1910 g/mol. The van der Waals surface area contributed by atoms with Crippen LogP contribution >= 0.6 is 12.4 Å². The van der Waals surface area contributed by atoms with E-state index >= 15 is 0 Å². The molecule has 0 unspecified atom stereocenters. The third kappa shape index (κ3) is 27.7. The van der Waals surface area contributed by atoms with E-state index in [1.54, 1.807) is 63.1 Å². The number of benzene rings is 3. The topological polar surface area (TPSA) is 406 Å². The van der Waals surface area contributed by atoms with Crippen molar-refractivity contribution in [1.82, 2.24) is 59.2 Å². The van der Waals surface area contributed by atoms with E-state index in [9.17, 15) is 78.2 Å². The van der Waals surface area contributed by atoms with Gasteiger partial charge in [-0.3, -0.25) is 29.1 Å². The van der Waals surface area contributed by atoms with Gasteiger partial charge in [0.2, 0.25) is 17.7 Å². The number of hydrogen-bond acceptors (Lipinski definition) is 25. The first kappa shape index (κ1) is 103. The predicted octanol–water partition coefficient (Wildman–Crippen LogP) is 17.3. The minimum absolute atomic E-state index is 0. The third-order valence-electron chi connectivity index (χ3n) is 18.8. The van der Waals surface area contributed by atoms with Crippen molar-refractivity contribution < 1.29 is 134 Å². The van der Waals surface area contributed by atoms with Crippen molar-refractivity contribution in [2.75, 3.05) is 69.1 Å². The van der Waals surface area contributed by atoms with Gasteiger partial charge < -0.3 is 65.3 Å². The molecule has 4 N–H and O–H groups in total. The molecular formula is C88H91ClF9N18O16V-. The summed E-state index contributed by atoms with van der Waals surface area (Å²) in [6, 6.07) is 29.6. The van der Waals surface area contributed by atoms with E-state index in [1.807, 2.05) is 47.3 Å². The number of alkyl halides is 9. The van der Waals surface area contributed by atoms with E-state index in [2.05, 4.69) is 50.5 Å². The number of aliphatic hydroxyl groups excluding tert-OH is 2. The summed E-state index contributed by atoms with van der Waals surface area (Å²) in [4.78, 5) is 114. The molecule has 3 aromatic carbocycles. The fraction of sp³-hybridized carbons (Fsp3) is 0.330. The summed E-state index contributed by atoms with van der Waals surface area (Å²) in [5, 5.41) is 44.3. The molecule has 0 saturated heterocycles. The Kier molecular flexibility index (Phi) is 33.3. The number of carboxylic acid groups (broad SMARTS) is 1. The average Bonchev–Trinajstić information content (AvgIpc) is 1.64. The molecule has 3 aliphatic heterocycles. The molecule has 12 heterocycles. The minimum atomic E-state index is -4.73. The van der Waals surface area contributed by atoms with Crippen molar-refractivity contribution in [1.29, 1.82) is 0 Å². The number of aromatic carboxylic acids is 1. The number of amides is 5. The summed E-state index contributed by atoms with van der Waals surface area (Å²) in [5.74, 6) is -3.46. The molecule has 3 aliphatic rings. The van der Waals surface area contributed by atoms with E-state index < -0.39 is 91.0 Å². The second-order valence-corrected chi connectivity index (χ2v) is 32.4. The van der Waals surface area contributed by atoms with Gasteiger partial charge in [0.05, 0.1) is 83.0 Å². The second kappa shape index (κ2) is 43.1. The molecule has 0 aliphatic carbocycles. The van der Waals surface area contributed by atoms with Crippen LogP contribution in [0.15, 0.2) is 178 Å². The summed E-state index contributed by atoms with van der Waals surface area (Å²) >= 11 is 0. The van der Waals surface area contributed by atoms with Gasteiger partial charge in [0.25, 0.3) is 11.8 Å². The number of aryl methyl sites for hydroxylation is 3. The summed E-state index contributed by atoms with van der Waals surface area (Å²) in [7, 11) is 0. The number of aliphatic hydroxyl groups is 2. The molecular weight excluding hydrogens is 1820 g/mol. The van der Waals surface area contributed by atoms with Gasteiger partial charge >= 0.3 is 42.8 Å². The van der Waals surface area contributed by atoms with Crippen LogP contribution in [-0.2, 0) is 65.2 Å². The first-order valence-electron chi connectivity index (χ1n) is 40.1. The van der Waals surface area contributed by atoms with Gasteiger partial charge in [-0.15, -0.1) is 12.4 Å². The maximum absolute atomic E-state index is 13.5. The molecule has 0 fully saturated rings. The number of oxazole rings is 3. The van der Waals surface area contributed by atoms with Gasteiger partial charge in [-0.05, 0) is 197 Å². The largest absolute Gasteiger partial charge is 0.476 e. The number of pyridine rings is 3. The standard InChI is InChI=1S/C29H29F3N6O5.C29H27F3N6O5.C16H16F3N3O5.C13H15N3O.CH3.ClH.V/c2*1-28(2,3)43-27(41)37(17-29(30,31)32)24-13-19(10-11-33-24)25-34-22(16-42-25)26(40)36-12-4-5-21-23(36)14-38(35-21)20-8-6-18(15-39)7-9-20;1-15(2,3)27-14(25)22(8-16(17,18)19)11-6-9(4-5-20-11)12-21-10(7-26-12)13(23)24;17-9-10-3-5-11(6-4-10)16-8-13-12(15-16)2-1-7-14-13;;;/h6-11,13-14,16,39H,4-5,12,15,17H2,1-3H3;6-11,13-16H,4-5,12,17H2,1-3H3;4-7H,8H2,1-3H3,(H,23,24);3-6,8,14,17H,1-2,7,9H2;1H3;1H;/q;;;;-1;;. The Morgan fingerprint density at radius 3 is 1.11 bits per heavy atom. The molecule has 12 aromatic rings. The Morgan fingerprint density at radius 2 is 0.789 bits per heavy atom. The number of hydrogen-bond donors (Lipinski definition) is 4. The van der Waals surface area contributed by atoms with Crippen molar-refractivity contribution in [3.63, 3.8) is 0 Å². The number of carboxylic acids is 1. The van der Waals surface area contributed by atoms with Crippen molar-refractivity contribution in [2.24, 2.45) is 0 Å². The molecule has 0 spiro atoms. The van der Waals surface area contributed by atoms with E-state index in [0.29, 0.717) is 76.1 Å². The van der Waals surface area contributed by atoms with Gasteiger partial charge in [0.1, 0.15) is 79.0 Å². The number of aldehydes is 1. The number of carbonyl (C=O) groups excluding carboxylic acids is 6. The number of carbonyl (C=O) groups is 7. The Labute approximate surface area is 772 Å². The number of nitrogens with zero attached hydrogens (tertiary/aromatic N) is 17.